The summed E-state index contributed by atoms with van der Waals surface area (Å²) in [5.41, 5.74) is -0.687. The van der Waals surface area contributed by atoms with Gasteiger partial charge in [-0.05, 0) is 47.5 Å². The number of benzene rings is 2. The molecule has 2 aromatic rings. The molecule has 0 atom stereocenters. The third-order valence-electron chi connectivity index (χ3n) is 2.67. The van der Waals surface area contributed by atoms with E-state index in [9.17, 15) is 18.4 Å². The van der Waals surface area contributed by atoms with E-state index in [-0.39, 0.29) is 22.3 Å². The van der Waals surface area contributed by atoms with Gasteiger partial charge >= 0.3 is 11.9 Å². The Morgan fingerprint density at radius 2 is 1.55 bits per heavy atom. The molecule has 0 aliphatic rings. The molecule has 0 spiro atoms. The van der Waals surface area contributed by atoms with Gasteiger partial charge in [0.05, 0.1) is 11.1 Å². The summed E-state index contributed by atoms with van der Waals surface area (Å²) >= 11 is 0. The van der Waals surface area contributed by atoms with E-state index < -0.39 is 23.6 Å². The van der Waals surface area contributed by atoms with E-state index in [0.29, 0.717) is 0 Å². The Hall–Kier alpha value is -2.76. The van der Waals surface area contributed by atoms with Gasteiger partial charge < -0.3 is 10.2 Å². The molecule has 0 aliphatic carbocycles. The molecule has 2 aromatic carbocycles. The maximum Gasteiger partial charge on any atom is 0.336 e. The second-order valence-electron chi connectivity index (χ2n) is 4.03. The molecule has 2 N–H and O–H groups in total. The summed E-state index contributed by atoms with van der Waals surface area (Å²) in [5, 5.41) is 17.9. The number of carboxylic acid groups (broad SMARTS) is 2. The second-order valence-corrected chi connectivity index (χ2v) is 4.03. The van der Waals surface area contributed by atoms with Crippen LogP contribution in [-0.2, 0) is 0 Å². The largest absolute Gasteiger partial charge is 0.478 e. The first-order chi connectivity index (χ1) is 9.38. The Morgan fingerprint density at radius 3 is 2.15 bits per heavy atom. The van der Waals surface area contributed by atoms with E-state index in [1.54, 1.807) is 0 Å². The molecular weight excluding hydrogens is 270 g/mol. The molecule has 0 saturated carbocycles. The van der Waals surface area contributed by atoms with E-state index >= 15 is 0 Å². The average molecular weight is 278 g/mol. The Labute approximate surface area is 111 Å². The molecule has 0 aliphatic heterocycles. The van der Waals surface area contributed by atoms with Crippen LogP contribution in [0.2, 0.25) is 0 Å². The molecule has 0 fully saturated rings. The minimum absolute atomic E-state index is 0.0145. The molecule has 0 heterocycles. The summed E-state index contributed by atoms with van der Waals surface area (Å²) < 4.78 is 26.7. The second kappa shape index (κ2) is 5.08. The molecule has 20 heavy (non-hydrogen) atoms. The summed E-state index contributed by atoms with van der Waals surface area (Å²) in [6, 6.07) is 5.76. The van der Waals surface area contributed by atoms with E-state index in [0.717, 1.165) is 36.4 Å². The maximum atomic E-state index is 13.4. The fourth-order valence-electron chi connectivity index (χ4n) is 1.81. The highest BCUT2D eigenvalue weighted by molar-refractivity contribution is 5.97. The van der Waals surface area contributed by atoms with Gasteiger partial charge in [-0.1, -0.05) is 0 Å². The van der Waals surface area contributed by atoms with Crippen molar-refractivity contribution in [1.82, 2.24) is 0 Å². The van der Waals surface area contributed by atoms with E-state index in [2.05, 4.69) is 0 Å². The summed E-state index contributed by atoms with van der Waals surface area (Å²) in [4.78, 5) is 21.9. The Balaban J connectivity index is 2.70. The molecular formula is C14H8F2O4. The van der Waals surface area contributed by atoms with E-state index in [1.807, 2.05) is 0 Å². The van der Waals surface area contributed by atoms with Crippen molar-refractivity contribution in [3.63, 3.8) is 0 Å². The fraction of sp³-hybridized carbons (Fsp3) is 0. The van der Waals surface area contributed by atoms with Gasteiger partial charge in [0.1, 0.15) is 11.6 Å². The monoisotopic (exact) mass is 278 g/mol. The zero-order valence-corrected chi connectivity index (χ0v) is 9.93. The van der Waals surface area contributed by atoms with Gasteiger partial charge in [0.25, 0.3) is 0 Å². The van der Waals surface area contributed by atoms with Crippen LogP contribution in [0.3, 0.4) is 0 Å². The molecule has 2 rings (SSSR count). The number of halogens is 2. The van der Waals surface area contributed by atoms with Crippen molar-refractivity contribution >= 4 is 11.9 Å². The Kier molecular flexibility index (Phi) is 3.47. The van der Waals surface area contributed by atoms with Crippen LogP contribution >= 0.6 is 0 Å². The van der Waals surface area contributed by atoms with Crippen molar-refractivity contribution < 1.29 is 28.6 Å². The lowest BCUT2D eigenvalue weighted by atomic mass is 9.97. The molecule has 0 amide bonds. The van der Waals surface area contributed by atoms with E-state index in [4.69, 9.17) is 10.2 Å². The highest BCUT2D eigenvalue weighted by atomic mass is 19.1. The normalized spacial score (nSPS) is 10.3. The molecule has 0 radical (unpaired) electrons. The third kappa shape index (κ3) is 2.64. The third-order valence-corrected chi connectivity index (χ3v) is 2.67. The highest BCUT2D eigenvalue weighted by Gasteiger charge is 2.15. The zero-order valence-electron chi connectivity index (χ0n) is 9.93. The molecule has 4 nitrogen and oxygen atoms in total. The first kappa shape index (κ1) is 13.7. The van der Waals surface area contributed by atoms with Crippen LogP contribution < -0.4 is 0 Å². The van der Waals surface area contributed by atoms with Gasteiger partial charge in [0.15, 0.2) is 0 Å². The number of carbonyl (C=O) groups is 2. The average Bonchev–Trinajstić information content (AvgIpc) is 2.37. The van der Waals surface area contributed by atoms with Crippen LogP contribution in [0.1, 0.15) is 20.7 Å². The van der Waals surface area contributed by atoms with Crippen LogP contribution in [0.25, 0.3) is 11.1 Å². The minimum atomic E-state index is -1.36. The summed E-state index contributed by atoms with van der Waals surface area (Å²) in [6.45, 7) is 0. The minimum Gasteiger partial charge on any atom is -0.478 e. The topological polar surface area (TPSA) is 74.6 Å². The van der Waals surface area contributed by atoms with Crippen molar-refractivity contribution in [3.05, 3.63) is 59.2 Å². The summed E-state index contributed by atoms with van der Waals surface area (Å²) in [7, 11) is 0. The summed E-state index contributed by atoms with van der Waals surface area (Å²) in [5.74, 6) is -4.23. The quantitative estimate of drug-likeness (QED) is 0.905. The first-order valence-electron chi connectivity index (χ1n) is 5.45. The molecule has 6 heteroatoms. The van der Waals surface area contributed by atoms with Crippen LogP contribution in [-0.4, -0.2) is 22.2 Å². The summed E-state index contributed by atoms with van der Waals surface area (Å²) in [6.07, 6.45) is 0. The lowest BCUT2D eigenvalue weighted by Crippen LogP contribution is -2.02. The standard InChI is InChI=1S/C14H8F2O4/c15-9-1-2-11(14(19)20)12(6-9)7-3-8(13(17)18)5-10(16)4-7/h1-6H,(H,17,18)(H,19,20). The van der Waals surface area contributed by atoms with Gasteiger partial charge in [-0.3, -0.25) is 0 Å². The number of carboxylic acids is 2. The Bertz CT molecular complexity index is 710. The van der Waals surface area contributed by atoms with Crippen LogP contribution in [0.4, 0.5) is 8.78 Å². The van der Waals surface area contributed by atoms with Gasteiger partial charge in [0, 0.05) is 0 Å². The lowest BCUT2D eigenvalue weighted by Gasteiger charge is -2.08. The number of rotatable bonds is 3. The van der Waals surface area contributed by atoms with Crippen LogP contribution in [0.15, 0.2) is 36.4 Å². The number of aromatic carboxylic acids is 2. The van der Waals surface area contributed by atoms with Gasteiger partial charge in [-0.25, -0.2) is 18.4 Å². The van der Waals surface area contributed by atoms with Gasteiger partial charge in [-0.2, -0.15) is 0 Å². The zero-order chi connectivity index (χ0) is 14.9. The predicted octanol–water partition coefficient (Wildman–Crippen LogP) is 3.03. The van der Waals surface area contributed by atoms with Crippen LogP contribution in [0, 0.1) is 11.6 Å². The van der Waals surface area contributed by atoms with Crippen molar-refractivity contribution in [2.75, 3.05) is 0 Å². The fourth-order valence-corrected chi connectivity index (χ4v) is 1.81. The molecule has 0 unspecified atom stereocenters. The molecule has 0 bridgehead atoms. The molecule has 102 valence electrons. The number of hydrogen-bond donors (Lipinski definition) is 2. The molecule has 0 aromatic heterocycles. The van der Waals surface area contributed by atoms with Gasteiger partial charge in [0.2, 0.25) is 0 Å². The van der Waals surface area contributed by atoms with Crippen molar-refractivity contribution in [2.45, 2.75) is 0 Å². The number of hydrogen-bond acceptors (Lipinski definition) is 2. The van der Waals surface area contributed by atoms with Crippen molar-refractivity contribution in [1.29, 1.82) is 0 Å². The lowest BCUT2D eigenvalue weighted by molar-refractivity contribution is 0.0687. The Morgan fingerprint density at radius 1 is 0.850 bits per heavy atom. The first-order valence-corrected chi connectivity index (χ1v) is 5.45. The van der Waals surface area contributed by atoms with Gasteiger partial charge in [-0.15, -0.1) is 0 Å². The van der Waals surface area contributed by atoms with Crippen LogP contribution in [0.5, 0.6) is 0 Å². The smallest absolute Gasteiger partial charge is 0.336 e. The SMILES string of the molecule is O=C(O)c1cc(F)cc(-c2cc(F)ccc2C(=O)O)c1. The van der Waals surface area contributed by atoms with E-state index in [1.165, 1.54) is 0 Å². The highest BCUT2D eigenvalue weighted by Crippen LogP contribution is 2.27. The maximum absolute atomic E-state index is 13.4. The predicted molar refractivity (Wildman–Crippen MR) is 65.7 cm³/mol. The van der Waals surface area contributed by atoms with Crippen molar-refractivity contribution in [2.24, 2.45) is 0 Å². The molecule has 0 saturated heterocycles. The van der Waals surface area contributed by atoms with Crippen molar-refractivity contribution in [3.8, 4) is 11.1 Å².